The Bertz CT molecular complexity index is 289. The molecule has 1 aliphatic rings. The lowest BCUT2D eigenvalue weighted by Gasteiger charge is -2.25. The van der Waals surface area contributed by atoms with Crippen molar-refractivity contribution in [3.8, 4) is 0 Å². The molecule has 0 radical (unpaired) electrons. The van der Waals surface area contributed by atoms with Gasteiger partial charge in [0.25, 0.3) is 0 Å². The number of ether oxygens (including phenoxy) is 1. The summed E-state index contributed by atoms with van der Waals surface area (Å²) in [7, 11) is 1.88. The van der Waals surface area contributed by atoms with E-state index in [-0.39, 0.29) is 0 Å². The maximum atomic E-state index is 5.11. The Labute approximate surface area is 81.9 Å². The first kappa shape index (κ1) is 8.84. The Morgan fingerprint density at radius 3 is 3.08 bits per heavy atom. The van der Waals surface area contributed by atoms with E-state index in [0.717, 1.165) is 19.0 Å². The quantitative estimate of drug-likeness (QED) is 0.796. The highest BCUT2D eigenvalue weighted by atomic mass is 32.2. The van der Waals surface area contributed by atoms with Gasteiger partial charge in [-0.15, -0.1) is 11.8 Å². The molecule has 4 heteroatoms. The molecule has 1 fully saturated rings. The summed E-state index contributed by atoms with van der Waals surface area (Å²) in [6.07, 6.45) is 1.83. The minimum atomic E-state index is 0.632. The summed E-state index contributed by atoms with van der Waals surface area (Å²) in [5.74, 6) is 0.922. The lowest BCUT2D eigenvalue weighted by Crippen LogP contribution is -2.29. The molecular weight excluding hydrogens is 184 g/mol. The summed E-state index contributed by atoms with van der Waals surface area (Å²) in [6, 6.07) is 4.09. The normalized spacial score (nSPS) is 16.7. The SMILES string of the molecule is CNc1cc(SC2COC2)ccn1. The molecule has 1 N–H and O–H groups in total. The third-order valence-corrected chi connectivity index (χ3v) is 3.03. The van der Waals surface area contributed by atoms with Gasteiger partial charge in [-0.25, -0.2) is 4.98 Å². The van der Waals surface area contributed by atoms with Crippen molar-refractivity contribution in [3.63, 3.8) is 0 Å². The molecule has 3 nitrogen and oxygen atoms in total. The number of pyridine rings is 1. The molecule has 0 atom stereocenters. The minimum absolute atomic E-state index is 0.632. The van der Waals surface area contributed by atoms with Crippen LogP contribution in [0.4, 0.5) is 5.82 Å². The highest BCUT2D eigenvalue weighted by molar-refractivity contribution is 8.00. The van der Waals surface area contributed by atoms with Crippen LogP contribution >= 0.6 is 11.8 Å². The van der Waals surface area contributed by atoms with Gasteiger partial charge >= 0.3 is 0 Å². The van der Waals surface area contributed by atoms with Gasteiger partial charge in [0, 0.05) is 18.1 Å². The number of hydrogen-bond donors (Lipinski definition) is 1. The first-order chi connectivity index (χ1) is 6.38. The van der Waals surface area contributed by atoms with Crippen molar-refractivity contribution in [1.29, 1.82) is 0 Å². The number of anilines is 1. The summed E-state index contributed by atoms with van der Waals surface area (Å²) in [6.45, 7) is 1.75. The average molecular weight is 196 g/mol. The predicted octanol–water partition coefficient (Wildman–Crippen LogP) is 1.61. The maximum Gasteiger partial charge on any atom is 0.126 e. The van der Waals surface area contributed by atoms with Crippen LogP contribution < -0.4 is 5.32 Å². The molecule has 0 bridgehead atoms. The molecule has 13 heavy (non-hydrogen) atoms. The third kappa shape index (κ3) is 2.14. The van der Waals surface area contributed by atoms with Crippen LogP contribution in [0.3, 0.4) is 0 Å². The molecule has 1 aromatic rings. The van der Waals surface area contributed by atoms with Gasteiger partial charge in [0.15, 0.2) is 0 Å². The molecule has 1 aromatic heterocycles. The van der Waals surface area contributed by atoms with Crippen molar-refractivity contribution in [2.45, 2.75) is 10.1 Å². The molecule has 70 valence electrons. The molecule has 0 spiro atoms. The molecular formula is C9H12N2OS. The van der Waals surface area contributed by atoms with Gasteiger partial charge in [0.1, 0.15) is 5.82 Å². The Balaban J connectivity index is 2.01. The summed E-state index contributed by atoms with van der Waals surface area (Å²) in [5, 5.41) is 3.65. The van der Waals surface area contributed by atoms with E-state index in [1.807, 2.05) is 31.1 Å². The fraction of sp³-hybridized carbons (Fsp3) is 0.444. The fourth-order valence-electron chi connectivity index (χ4n) is 1.10. The Kier molecular flexibility index (Phi) is 2.71. The van der Waals surface area contributed by atoms with Crippen molar-refractivity contribution in [1.82, 2.24) is 4.98 Å². The van der Waals surface area contributed by atoms with Crippen LogP contribution in [0.15, 0.2) is 23.2 Å². The second-order valence-electron chi connectivity index (χ2n) is 2.90. The number of hydrogen-bond acceptors (Lipinski definition) is 4. The van der Waals surface area contributed by atoms with Crippen molar-refractivity contribution in [2.24, 2.45) is 0 Å². The Morgan fingerprint density at radius 1 is 1.62 bits per heavy atom. The van der Waals surface area contributed by atoms with Crippen molar-refractivity contribution < 1.29 is 4.74 Å². The fourth-order valence-corrected chi connectivity index (χ4v) is 2.13. The average Bonchev–Trinajstić information content (AvgIpc) is 2.12. The van der Waals surface area contributed by atoms with Crippen LogP contribution in [0.1, 0.15) is 0 Å². The van der Waals surface area contributed by atoms with Crippen LogP contribution in [0.25, 0.3) is 0 Å². The van der Waals surface area contributed by atoms with Crippen molar-refractivity contribution in [2.75, 3.05) is 25.6 Å². The summed E-state index contributed by atoms with van der Waals surface area (Å²) in [4.78, 5) is 5.41. The van der Waals surface area contributed by atoms with E-state index in [1.54, 1.807) is 0 Å². The summed E-state index contributed by atoms with van der Waals surface area (Å²) < 4.78 is 5.11. The zero-order chi connectivity index (χ0) is 9.10. The molecule has 0 unspecified atom stereocenters. The Morgan fingerprint density at radius 2 is 2.46 bits per heavy atom. The van der Waals surface area contributed by atoms with Gasteiger partial charge in [0.05, 0.1) is 18.5 Å². The monoisotopic (exact) mass is 196 g/mol. The second kappa shape index (κ2) is 3.98. The van der Waals surface area contributed by atoms with Gasteiger partial charge in [-0.1, -0.05) is 0 Å². The molecule has 0 saturated carbocycles. The predicted molar refractivity (Wildman–Crippen MR) is 54.2 cm³/mol. The van der Waals surface area contributed by atoms with Crippen LogP contribution in [-0.2, 0) is 4.74 Å². The molecule has 2 rings (SSSR count). The van der Waals surface area contributed by atoms with E-state index in [9.17, 15) is 0 Å². The second-order valence-corrected chi connectivity index (χ2v) is 4.28. The first-order valence-electron chi connectivity index (χ1n) is 4.26. The first-order valence-corrected chi connectivity index (χ1v) is 5.14. The van der Waals surface area contributed by atoms with Crippen LogP contribution in [-0.4, -0.2) is 30.5 Å². The van der Waals surface area contributed by atoms with Gasteiger partial charge in [-0.3, -0.25) is 0 Å². The topological polar surface area (TPSA) is 34.1 Å². The maximum absolute atomic E-state index is 5.11. The number of aromatic nitrogens is 1. The Hall–Kier alpha value is -0.740. The number of rotatable bonds is 3. The van der Waals surface area contributed by atoms with Gasteiger partial charge < -0.3 is 10.1 Å². The van der Waals surface area contributed by atoms with E-state index in [2.05, 4.69) is 16.4 Å². The number of thioether (sulfide) groups is 1. The zero-order valence-corrected chi connectivity index (χ0v) is 8.30. The molecule has 2 heterocycles. The zero-order valence-electron chi connectivity index (χ0n) is 7.49. The molecule has 0 aromatic carbocycles. The van der Waals surface area contributed by atoms with Crippen LogP contribution in [0.2, 0.25) is 0 Å². The van der Waals surface area contributed by atoms with E-state index in [4.69, 9.17) is 4.74 Å². The van der Waals surface area contributed by atoms with Crippen LogP contribution in [0.5, 0.6) is 0 Å². The molecule has 0 amide bonds. The van der Waals surface area contributed by atoms with Gasteiger partial charge in [-0.05, 0) is 12.1 Å². The minimum Gasteiger partial charge on any atom is -0.379 e. The smallest absolute Gasteiger partial charge is 0.126 e. The van der Waals surface area contributed by atoms with E-state index < -0.39 is 0 Å². The molecule has 1 aliphatic heterocycles. The number of nitrogens with one attached hydrogen (secondary N) is 1. The molecule has 0 aliphatic carbocycles. The van der Waals surface area contributed by atoms with E-state index in [1.165, 1.54) is 4.90 Å². The van der Waals surface area contributed by atoms with Gasteiger partial charge in [-0.2, -0.15) is 0 Å². The lowest BCUT2D eigenvalue weighted by atomic mass is 10.4. The van der Waals surface area contributed by atoms with E-state index >= 15 is 0 Å². The summed E-state index contributed by atoms with van der Waals surface area (Å²) >= 11 is 1.85. The van der Waals surface area contributed by atoms with Gasteiger partial charge in [0.2, 0.25) is 0 Å². The third-order valence-electron chi connectivity index (χ3n) is 1.90. The largest absolute Gasteiger partial charge is 0.379 e. The standard InChI is InChI=1S/C9H12N2OS/c1-10-9-4-7(2-3-11-9)13-8-5-12-6-8/h2-4,8H,5-6H2,1H3,(H,10,11). The summed E-state index contributed by atoms with van der Waals surface area (Å²) in [5.41, 5.74) is 0. The highest BCUT2D eigenvalue weighted by Gasteiger charge is 2.19. The molecule has 1 saturated heterocycles. The number of nitrogens with zero attached hydrogens (tertiary/aromatic N) is 1. The van der Waals surface area contributed by atoms with Crippen molar-refractivity contribution >= 4 is 17.6 Å². The van der Waals surface area contributed by atoms with E-state index in [0.29, 0.717) is 5.25 Å². The highest BCUT2D eigenvalue weighted by Crippen LogP contribution is 2.28. The van der Waals surface area contributed by atoms with Crippen LogP contribution in [0, 0.1) is 0 Å². The van der Waals surface area contributed by atoms with Crippen molar-refractivity contribution in [3.05, 3.63) is 18.3 Å². The lowest BCUT2D eigenvalue weighted by molar-refractivity contribution is 0.0455.